The Bertz CT molecular complexity index is 354. The van der Waals surface area contributed by atoms with E-state index in [9.17, 15) is 4.79 Å². The molecule has 0 radical (unpaired) electrons. The van der Waals surface area contributed by atoms with Gasteiger partial charge in [0.15, 0.2) is 5.78 Å². The number of nitrogens with one attached hydrogen (secondary N) is 1. The number of carbonyl (C=O) groups is 1. The summed E-state index contributed by atoms with van der Waals surface area (Å²) in [6.07, 6.45) is 5.94. The van der Waals surface area contributed by atoms with Crippen molar-refractivity contribution in [2.75, 3.05) is 6.54 Å². The first kappa shape index (κ1) is 13.6. The summed E-state index contributed by atoms with van der Waals surface area (Å²) in [5.74, 6) is 2.70. The number of hydrogen-bond donors (Lipinski definition) is 1. The van der Waals surface area contributed by atoms with E-state index in [1.165, 1.54) is 6.42 Å². The number of carbonyl (C=O) groups excluding carboxylic acids is 1. The fourth-order valence-electron chi connectivity index (χ4n) is 3.41. The van der Waals surface area contributed by atoms with E-state index in [0.29, 0.717) is 5.41 Å². The van der Waals surface area contributed by atoms with E-state index in [1.54, 1.807) is 0 Å². The number of hydrogen-bond acceptors (Lipinski definition) is 2. The first-order valence-electron chi connectivity index (χ1n) is 7.38. The maximum Gasteiger partial charge on any atom is 0.157 e. The molecule has 0 aromatic heterocycles. The molecule has 0 bridgehead atoms. The van der Waals surface area contributed by atoms with Gasteiger partial charge in [-0.25, -0.2) is 0 Å². The number of rotatable bonds is 5. The van der Waals surface area contributed by atoms with Crippen LogP contribution in [0.1, 0.15) is 53.4 Å². The van der Waals surface area contributed by atoms with Crippen LogP contribution in [-0.4, -0.2) is 12.3 Å². The third-order valence-electron chi connectivity index (χ3n) is 4.77. The summed E-state index contributed by atoms with van der Waals surface area (Å²) >= 11 is 0. The average molecular weight is 249 g/mol. The molecule has 0 aromatic rings. The van der Waals surface area contributed by atoms with E-state index in [4.69, 9.17) is 0 Å². The molecule has 0 amide bonds. The number of ketones is 1. The molecule has 0 aliphatic heterocycles. The van der Waals surface area contributed by atoms with Crippen molar-refractivity contribution in [3.63, 3.8) is 0 Å². The van der Waals surface area contributed by atoms with Gasteiger partial charge in [0.25, 0.3) is 0 Å². The highest BCUT2D eigenvalue weighted by molar-refractivity contribution is 5.91. The monoisotopic (exact) mass is 249 g/mol. The quantitative estimate of drug-likeness (QED) is 0.807. The Kier molecular flexibility index (Phi) is 3.84. The second-order valence-electron chi connectivity index (χ2n) is 7.03. The lowest BCUT2D eigenvalue weighted by Crippen LogP contribution is -2.21. The van der Waals surface area contributed by atoms with Gasteiger partial charge in [-0.3, -0.25) is 4.79 Å². The first-order valence-corrected chi connectivity index (χ1v) is 7.38. The summed E-state index contributed by atoms with van der Waals surface area (Å²) in [6.45, 7) is 10.4. The van der Waals surface area contributed by atoms with Crippen molar-refractivity contribution in [2.45, 2.75) is 53.4 Å². The highest BCUT2D eigenvalue weighted by Gasteiger charge is 2.56. The van der Waals surface area contributed by atoms with Crippen LogP contribution in [0.15, 0.2) is 11.8 Å². The Morgan fingerprint density at radius 2 is 2.06 bits per heavy atom. The molecular formula is C16H27NO. The Morgan fingerprint density at radius 1 is 1.33 bits per heavy atom. The highest BCUT2D eigenvalue weighted by Crippen LogP contribution is 2.60. The van der Waals surface area contributed by atoms with Gasteiger partial charge in [0.05, 0.1) is 0 Å². The van der Waals surface area contributed by atoms with Crippen LogP contribution in [0.4, 0.5) is 0 Å². The zero-order valence-corrected chi connectivity index (χ0v) is 12.3. The molecule has 1 saturated carbocycles. The zero-order chi connectivity index (χ0) is 13.3. The molecule has 102 valence electrons. The summed E-state index contributed by atoms with van der Waals surface area (Å²) in [6, 6.07) is 0. The maximum atomic E-state index is 11.4. The Labute approximate surface area is 111 Å². The molecule has 0 unspecified atom stereocenters. The molecule has 0 aromatic carbocycles. The largest absolute Gasteiger partial charge is 0.388 e. The molecule has 0 saturated heterocycles. The SMILES string of the molecule is CC(C)C[C@@H]1[C@H](CNC2=CC(=O)CCC2)C1(C)C. The second-order valence-corrected chi connectivity index (χ2v) is 7.03. The molecule has 1 fully saturated rings. The fourth-order valence-corrected chi connectivity index (χ4v) is 3.41. The van der Waals surface area contributed by atoms with Crippen molar-refractivity contribution in [3.8, 4) is 0 Å². The second kappa shape index (κ2) is 5.07. The van der Waals surface area contributed by atoms with Crippen molar-refractivity contribution in [1.82, 2.24) is 5.32 Å². The molecule has 1 N–H and O–H groups in total. The molecular weight excluding hydrogens is 222 g/mol. The van der Waals surface area contributed by atoms with Crippen molar-refractivity contribution in [3.05, 3.63) is 11.8 Å². The van der Waals surface area contributed by atoms with Crippen molar-refractivity contribution in [2.24, 2.45) is 23.2 Å². The third kappa shape index (κ3) is 2.96. The van der Waals surface area contributed by atoms with Gasteiger partial charge in [-0.05, 0) is 42.4 Å². The van der Waals surface area contributed by atoms with Gasteiger partial charge >= 0.3 is 0 Å². The van der Waals surface area contributed by atoms with Crippen molar-refractivity contribution in [1.29, 1.82) is 0 Å². The van der Waals surface area contributed by atoms with Gasteiger partial charge < -0.3 is 5.32 Å². The molecule has 2 nitrogen and oxygen atoms in total. The van der Waals surface area contributed by atoms with Crippen LogP contribution in [0.2, 0.25) is 0 Å². The third-order valence-corrected chi connectivity index (χ3v) is 4.77. The van der Waals surface area contributed by atoms with E-state index >= 15 is 0 Å². The van der Waals surface area contributed by atoms with Gasteiger partial charge in [-0.2, -0.15) is 0 Å². The molecule has 2 aliphatic carbocycles. The summed E-state index contributed by atoms with van der Waals surface area (Å²) in [5.41, 5.74) is 1.65. The minimum atomic E-state index is 0.289. The zero-order valence-electron chi connectivity index (χ0n) is 12.3. The Hall–Kier alpha value is -0.790. The summed E-state index contributed by atoms with van der Waals surface area (Å²) in [5, 5.41) is 3.51. The number of allylic oxidation sites excluding steroid dienone is 2. The van der Waals surface area contributed by atoms with Crippen molar-refractivity contribution >= 4 is 5.78 Å². The van der Waals surface area contributed by atoms with Gasteiger partial charge in [0.2, 0.25) is 0 Å². The summed E-state index contributed by atoms with van der Waals surface area (Å²) < 4.78 is 0. The minimum Gasteiger partial charge on any atom is -0.388 e. The lowest BCUT2D eigenvalue weighted by atomic mass is 10.0. The fraction of sp³-hybridized carbons (Fsp3) is 0.812. The van der Waals surface area contributed by atoms with Gasteiger partial charge in [0, 0.05) is 24.7 Å². The molecule has 2 heteroatoms. The van der Waals surface area contributed by atoms with Crippen LogP contribution in [0, 0.1) is 23.2 Å². The highest BCUT2D eigenvalue weighted by atomic mass is 16.1. The van der Waals surface area contributed by atoms with E-state index < -0.39 is 0 Å². The summed E-state index contributed by atoms with van der Waals surface area (Å²) in [4.78, 5) is 11.4. The van der Waals surface area contributed by atoms with Crippen LogP contribution < -0.4 is 5.32 Å². The van der Waals surface area contributed by atoms with Gasteiger partial charge in [-0.15, -0.1) is 0 Å². The van der Waals surface area contributed by atoms with Gasteiger partial charge in [0.1, 0.15) is 0 Å². The molecule has 2 atom stereocenters. The van der Waals surface area contributed by atoms with E-state index in [2.05, 4.69) is 33.0 Å². The minimum absolute atomic E-state index is 0.289. The molecule has 2 rings (SSSR count). The first-order chi connectivity index (χ1) is 8.41. The van der Waals surface area contributed by atoms with Crippen molar-refractivity contribution < 1.29 is 4.79 Å². The lowest BCUT2D eigenvalue weighted by Gasteiger charge is -2.14. The van der Waals surface area contributed by atoms with Crippen LogP contribution >= 0.6 is 0 Å². The summed E-state index contributed by atoms with van der Waals surface area (Å²) in [7, 11) is 0. The normalized spacial score (nSPS) is 30.3. The molecule has 0 heterocycles. The van der Waals surface area contributed by atoms with E-state index in [-0.39, 0.29) is 5.78 Å². The predicted molar refractivity (Wildman–Crippen MR) is 75.2 cm³/mol. The molecule has 2 aliphatic rings. The van der Waals surface area contributed by atoms with Crippen LogP contribution in [0.5, 0.6) is 0 Å². The Morgan fingerprint density at radius 3 is 2.67 bits per heavy atom. The smallest absolute Gasteiger partial charge is 0.157 e. The Balaban J connectivity index is 1.82. The topological polar surface area (TPSA) is 29.1 Å². The van der Waals surface area contributed by atoms with Crippen LogP contribution in [0.25, 0.3) is 0 Å². The standard InChI is InChI=1S/C16H27NO/c1-11(2)8-14-15(16(14,3)4)10-17-12-6-5-7-13(18)9-12/h9,11,14-15,17H,5-8,10H2,1-4H3/t14-,15+/m1/s1. The average Bonchev–Trinajstić information content (AvgIpc) is 2.76. The van der Waals surface area contributed by atoms with Crippen LogP contribution in [0.3, 0.4) is 0 Å². The van der Waals surface area contributed by atoms with Crippen LogP contribution in [-0.2, 0) is 4.79 Å². The lowest BCUT2D eigenvalue weighted by molar-refractivity contribution is -0.115. The maximum absolute atomic E-state index is 11.4. The van der Waals surface area contributed by atoms with E-state index in [0.717, 1.165) is 49.3 Å². The predicted octanol–water partition coefficient (Wildman–Crippen LogP) is 3.53. The van der Waals surface area contributed by atoms with Gasteiger partial charge in [-0.1, -0.05) is 27.7 Å². The van der Waals surface area contributed by atoms with E-state index in [1.807, 2.05) is 6.08 Å². The molecule has 18 heavy (non-hydrogen) atoms. The molecule has 0 spiro atoms.